The number of amides is 1. The largest absolute Gasteiger partial charge is 0.486 e. The normalized spacial score (nSPS) is 16.5. The predicted molar refractivity (Wildman–Crippen MR) is 132 cm³/mol. The summed E-state index contributed by atoms with van der Waals surface area (Å²) in [6, 6.07) is 13.8. The van der Waals surface area contributed by atoms with Crippen molar-refractivity contribution in [2.45, 2.75) is 44.6 Å². The first-order valence-corrected chi connectivity index (χ1v) is 11.8. The molecule has 0 atom stereocenters. The zero-order chi connectivity index (χ0) is 23.7. The van der Waals surface area contributed by atoms with E-state index in [1.807, 2.05) is 43.3 Å². The van der Waals surface area contributed by atoms with Gasteiger partial charge in [0.2, 0.25) is 17.8 Å². The van der Waals surface area contributed by atoms with Crippen LogP contribution in [0, 0.1) is 6.92 Å². The maximum Gasteiger partial charge on any atom is 0.227 e. The number of nitrogen functional groups attached to an aromatic ring is 1. The van der Waals surface area contributed by atoms with Crippen LogP contribution < -0.4 is 20.7 Å². The van der Waals surface area contributed by atoms with Crippen molar-refractivity contribution in [1.29, 1.82) is 0 Å². The van der Waals surface area contributed by atoms with Crippen molar-refractivity contribution < 1.29 is 9.53 Å². The molecule has 8 nitrogen and oxygen atoms in total. The Morgan fingerprint density at radius 3 is 2.76 bits per heavy atom. The van der Waals surface area contributed by atoms with Crippen LogP contribution in [0.1, 0.15) is 42.6 Å². The van der Waals surface area contributed by atoms with Gasteiger partial charge in [0, 0.05) is 41.7 Å². The number of nitrogens with zero attached hydrogens (tertiary/aromatic N) is 4. The molecule has 0 bridgehead atoms. The van der Waals surface area contributed by atoms with E-state index in [2.05, 4.69) is 26.3 Å². The van der Waals surface area contributed by atoms with Gasteiger partial charge in [-0.15, -0.1) is 0 Å². The monoisotopic (exact) mass is 478 g/mol. The number of hydrogen-bond acceptors (Lipinski definition) is 7. The maximum atomic E-state index is 12.1. The first-order chi connectivity index (χ1) is 16.4. The first kappa shape index (κ1) is 22.4. The number of nitrogens with two attached hydrogens (primary N) is 1. The highest BCUT2D eigenvalue weighted by atomic mass is 35.5. The quantitative estimate of drug-likeness (QED) is 0.498. The molecule has 1 amide bonds. The Hall–Kier alpha value is -3.39. The van der Waals surface area contributed by atoms with E-state index >= 15 is 0 Å². The van der Waals surface area contributed by atoms with Gasteiger partial charge >= 0.3 is 0 Å². The van der Waals surface area contributed by atoms with Crippen LogP contribution in [-0.4, -0.2) is 33.9 Å². The van der Waals surface area contributed by atoms with E-state index in [0.29, 0.717) is 30.5 Å². The average Bonchev–Trinajstić information content (AvgIpc) is 3.48. The van der Waals surface area contributed by atoms with Gasteiger partial charge in [-0.3, -0.25) is 4.79 Å². The third kappa shape index (κ3) is 4.92. The summed E-state index contributed by atoms with van der Waals surface area (Å²) in [6.45, 7) is 3.53. The highest BCUT2D eigenvalue weighted by Crippen LogP contribution is 2.48. The third-order valence-electron chi connectivity index (χ3n) is 6.36. The second-order valence-corrected chi connectivity index (χ2v) is 9.46. The third-order valence-corrected chi connectivity index (χ3v) is 6.60. The highest BCUT2D eigenvalue weighted by Gasteiger charge is 2.44. The van der Waals surface area contributed by atoms with E-state index in [-0.39, 0.29) is 23.9 Å². The number of anilines is 3. The van der Waals surface area contributed by atoms with E-state index < -0.39 is 0 Å². The average molecular weight is 479 g/mol. The minimum Gasteiger partial charge on any atom is -0.486 e. The molecule has 0 radical (unpaired) electrons. The van der Waals surface area contributed by atoms with Gasteiger partial charge in [0.25, 0.3) is 0 Å². The minimum atomic E-state index is 0.0356. The summed E-state index contributed by atoms with van der Waals surface area (Å²) in [5.74, 6) is 1.79. The SMILES string of the molecule is Cc1cc(OCc2nc(N)nc(NCC3(c4cccc(Cl)c4)CC3)n2)cc(N2CCCC2=O)c1. The van der Waals surface area contributed by atoms with Crippen molar-refractivity contribution >= 4 is 35.1 Å². The minimum absolute atomic E-state index is 0.0356. The number of aryl methyl sites for hydroxylation is 1. The summed E-state index contributed by atoms with van der Waals surface area (Å²) < 4.78 is 5.97. The lowest BCUT2D eigenvalue weighted by atomic mass is 9.96. The lowest BCUT2D eigenvalue weighted by Crippen LogP contribution is -2.23. The molecule has 3 N–H and O–H groups in total. The summed E-state index contributed by atoms with van der Waals surface area (Å²) >= 11 is 6.18. The second-order valence-electron chi connectivity index (χ2n) is 9.02. The van der Waals surface area contributed by atoms with Crippen molar-refractivity contribution in [3.8, 4) is 5.75 Å². The van der Waals surface area contributed by atoms with Gasteiger partial charge in [0.05, 0.1) is 0 Å². The molecule has 2 heterocycles. The van der Waals surface area contributed by atoms with E-state index in [1.54, 1.807) is 4.90 Å². The zero-order valence-corrected chi connectivity index (χ0v) is 19.8. The number of nitrogens with one attached hydrogen (secondary N) is 1. The number of halogens is 1. The molecule has 2 fully saturated rings. The van der Waals surface area contributed by atoms with E-state index in [0.717, 1.165) is 42.1 Å². The molecule has 0 spiro atoms. The van der Waals surface area contributed by atoms with Crippen LogP contribution in [0.3, 0.4) is 0 Å². The van der Waals surface area contributed by atoms with Gasteiger partial charge in [-0.2, -0.15) is 15.0 Å². The summed E-state index contributed by atoms with van der Waals surface area (Å²) in [5, 5.41) is 4.06. The Balaban J connectivity index is 1.26. The summed E-state index contributed by atoms with van der Waals surface area (Å²) in [5.41, 5.74) is 9.06. The van der Waals surface area contributed by atoms with Crippen molar-refractivity contribution in [1.82, 2.24) is 15.0 Å². The predicted octanol–water partition coefficient (Wildman–Crippen LogP) is 4.27. The van der Waals surface area contributed by atoms with E-state index in [9.17, 15) is 4.79 Å². The van der Waals surface area contributed by atoms with Crippen LogP contribution >= 0.6 is 11.6 Å². The highest BCUT2D eigenvalue weighted by molar-refractivity contribution is 6.30. The number of ether oxygens (including phenoxy) is 1. The number of aromatic nitrogens is 3. The van der Waals surface area contributed by atoms with Gasteiger partial charge in [0.1, 0.15) is 12.4 Å². The molecule has 1 aliphatic carbocycles. The summed E-state index contributed by atoms with van der Waals surface area (Å²) in [7, 11) is 0. The number of hydrogen-bond donors (Lipinski definition) is 2. The maximum absolute atomic E-state index is 12.1. The molecule has 176 valence electrons. The van der Waals surface area contributed by atoms with Crippen LogP contribution in [0.15, 0.2) is 42.5 Å². The standard InChI is InChI=1S/C25H27ClN6O2/c1-16-10-19(32-9-3-6-22(32)33)13-20(11-16)34-14-21-29-23(27)31-24(30-21)28-15-25(7-8-25)17-4-2-5-18(26)12-17/h2,4-5,10-13H,3,6-9,14-15H2,1H3,(H3,27,28,29,30,31). The molecule has 34 heavy (non-hydrogen) atoms. The Labute approximate surface area is 203 Å². The van der Waals surface area contributed by atoms with Crippen molar-refractivity contribution in [3.63, 3.8) is 0 Å². The Morgan fingerprint density at radius 1 is 1.18 bits per heavy atom. The lowest BCUT2D eigenvalue weighted by Gasteiger charge is -2.18. The van der Waals surface area contributed by atoms with Gasteiger partial charge in [0.15, 0.2) is 5.82 Å². The van der Waals surface area contributed by atoms with Crippen molar-refractivity contribution in [3.05, 3.63) is 64.4 Å². The van der Waals surface area contributed by atoms with Crippen LogP contribution in [0.5, 0.6) is 5.75 Å². The van der Waals surface area contributed by atoms with Crippen LogP contribution in [-0.2, 0) is 16.8 Å². The molecule has 2 aliphatic rings. The molecule has 9 heteroatoms. The van der Waals surface area contributed by atoms with Crippen LogP contribution in [0.4, 0.5) is 17.6 Å². The Morgan fingerprint density at radius 2 is 2.03 bits per heavy atom. The fourth-order valence-corrected chi connectivity index (χ4v) is 4.59. The topological polar surface area (TPSA) is 106 Å². The second kappa shape index (κ2) is 9.10. The van der Waals surface area contributed by atoms with Gasteiger partial charge in [-0.25, -0.2) is 0 Å². The number of carbonyl (C=O) groups excluding carboxylic acids is 1. The fraction of sp³-hybridized carbons (Fsp3) is 0.360. The Kier molecular flexibility index (Phi) is 6.00. The molecule has 1 aromatic heterocycles. The molecule has 1 saturated heterocycles. The van der Waals surface area contributed by atoms with Gasteiger partial charge < -0.3 is 20.7 Å². The molecule has 2 aromatic carbocycles. The summed E-state index contributed by atoms with van der Waals surface area (Å²) in [6.07, 6.45) is 3.61. The van der Waals surface area contributed by atoms with Gasteiger partial charge in [-0.1, -0.05) is 23.7 Å². The number of carbonyl (C=O) groups is 1. The molecule has 0 unspecified atom stereocenters. The van der Waals surface area contributed by atoms with Crippen LogP contribution in [0.25, 0.3) is 0 Å². The van der Waals surface area contributed by atoms with Crippen molar-refractivity contribution in [2.24, 2.45) is 0 Å². The molecular weight excluding hydrogens is 452 g/mol. The molecule has 5 rings (SSSR count). The van der Waals surface area contributed by atoms with Crippen LogP contribution in [0.2, 0.25) is 5.02 Å². The molecule has 1 saturated carbocycles. The summed E-state index contributed by atoms with van der Waals surface area (Å²) in [4.78, 5) is 26.9. The van der Waals surface area contributed by atoms with E-state index in [4.69, 9.17) is 22.1 Å². The van der Waals surface area contributed by atoms with E-state index in [1.165, 1.54) is 5.56 Å². The van der Waals surface area contributed by atoms with Crippen molar-refractivity contribution in [2.75, 3.05) is 29.0 Å². The fourth-order valence-electron chi connectivity index (χ4n) is 4.40. The smallest absolute Gasteiger partial charge is 0.227 e. The molecule has 1 aliphatic heterocycles. The number of benzene rings is 2. The lowest BCUT2D eigenvalue weighted by molar-refractivity contribution is -0.117. The number of rotatable bonds is 8. The molecular formula is C25H27ClN6O2. The Bertz CT molecular complexity index is 1230. The zero-order valence-electron chi connectivity index (χ0n) is 19.1. The first-order valence-electron chi connectivity index (χ1n) is 11.5. The van der Waals surface area contributed by atoms with Gasteiger partial charge in [-0.05, 0) is 61.6 Å². The molecule has 3 aromatic rings.